The molecule has 0 amide bonds. The maximum absolute atomic E-state index is 6.74. The van der Waals surface area contributed by atoms with Crippen LogP contribution in [0.4, 0.5) is 22.7 Å². The number of anilines is 4. The first-order chi connectivity index (χ1) is 32.0. The maximum atomic E-state index is 6.74. The second kappa shape index (κ2) is 17.6. The molecule has 10 rings (SSSR count). The summed E-state index contributed by atoms with van der Waals surface area (Å²) in [5.41, 5.74) is 13.2. The number of benzene rings is 7. The zero-order chi connectivity index (χ0) is 46.9. The number of pyridine rings is 1. The van der Waals surface area contributed by atoms with Crippen LogP contribution in [-0.2, 0) is 42.7 Å². The van der Waals surface area contributed by atoms with Crippen LogP contribution in [0.15, 0.2) is 170 Å². The first kappa shape index (κ1) is 46.7. The van der Waals surface area contributed by atoms with E-state index in [-0.39, 0.29) is 42.7 Å². The normalized spacial score (nSPS) is 13.2. The zero-order valence-electron chi connectivity index (χ0n) is 40.8. The molecule has 0 atom stereocenters. The van der Waals surface area contributed by atoms with E-state index in [0.717, 1.165) is 50.4 Å². The number of nitrogens with zero attached hydrogens (tertiary/aromatic N) is 4. The third-order valence-corrected chi connectivity index (χ3v) is 13.9. The van der Waals surface area contributed by atoms with Gasteiger partial charge in [0.2, 0.25) is 0 Å². The van der Waals surface area contributed by atoms with E-state index < -0.39 is 0 Å². The Kier molecular flexibility index (Phi) is 12.1. The summed E-state index contributed by atoms with van der Waals surface area (Å²) in [6.07, 6.45) is 1.93. The van der Waals surface area contributed by atoms with Crippen LogP contribution in [0.25, 0.3) is 27.6 Å². The van der Waals surface area contributed by atoms with E-state index in [1.54, 1.807) is 0 Å². The molecule has 0 N–H and O–H groups in total. The summed E-state index contributed by atoms with van der Waals surface area (Å²) in [7, 11) is 0. The molecule has 2 aromatic heterocycles. The molecule has 68 heavy (non-hydrogen) atoms. The summed E-state index contributed by atoms with van der Waals surface area (Å²) in [4.78, 5) is 9.53. The van der Waals surface area contributed by atoms with Crippen LogP contribution in [0.2, 0.25) is 0 Å². The quantitative estimate of drug-likeness (QED) is 0.135. The Bertz CT molecular complexity index is 3280. The van der Waals surface area contributed by atoms with Crippen LogP contribution in [0.5, 0.6) is 11.5 Å². The molecule has 0 spiro atoms. The molecule has 0 fully saturated rings. The van der Waals surface area contributed by atoms with Crippen molar-refractivity contribution in [3.8, 4) is 17.3 Å². The summed E-state index contributed by atoms with van der Waals surface area (Å²) in [6.45, 7) is 25.0. The van der Waals surface area contributed by atoms with E-state index in [9.17, 15) is 0 Å². The number of aromatic nitrogens is 2. The molecule has 9 aromatic rings. The smallest absolute Gasteiger partial charge is 0.135 e. The van der Waals surface area contributed by atoms with Crippen molar-refractivity contribution in [3.05, 3.63) is 222 Å². The van der Waals surface area contributed by atoms with Gasteiger partial charge in [-0.05, 0) is 92.1 Å². The second-order valence-corrected chi connectivity index (χ2v) is 21.2. The van der Waals surface area contributed by atoms with Gasteiger partial charge >= 0.3 is 0 Å². The topological polar surface area (TPSA) is 33.5 Å². The molecule has 0 unspecified atom stereocenters. The van der Waals surface area contributed by atoms with E-state index in [1.165, 1.54) is 33.4 Å². The standard InChI is InChI=1S/C62H59N4O.Pt/c1-59(2,3)44-28-31-54-53(37-44)52-30-29-51(40-57(52)66(54)58-38-45(32-33-63-58)61(7,8)42-20-13-11-14-21-42)67-50-25-19-24-48(39-50)64-41-65(56-27-18-17-26-55(56)64)49-35-46(60(4,5)6)34-47(36-49)62(9,10)43-22-15-12-16-23-43;/h11-38,41H,1-10H3;/q-3;. The van der Waals surface area contributed by atoms with E-state index in [4.69, 9.17) is 9.72 Å². The number of hydrogen-bond donors (Lipinski definition) is 0. The molecule has 3 heterocycles. The largest absolute Gasteiger partial charge is 0.509 e. The minimum atomic E-state index is -0.237. The van der Waals surface area contributed by atoms with Gasteiger partial charge in [0.1, 0.15) is 5.82 Å². The number of ether oxygens (including phenoxy) is 1. The Labute approximate surface area is 417 Å². The molecule has 346 valence electrons. The number of fused-ring (bicyclic) bond motifs is 4. The number of para-hydroxylation sites is 2. The Morgan fingerprint density at radius 1 is 0.471 bits per heavy atom. The van der Waals surface area contributed by atoms with Crippen LogP contribution >= 0.6 is 0 Å². The minimum absolute atomic E-state index is 0. The Morgan fingerprint density at radius 3 is 1.74 bits per heavy atom. The van der Waals surface area contributed by atoms with Crippen molar-refractivity contribution in [1.29, 1.82) is 0 Å². The summed E-state index contributed by atoms with van der Waals surface area (Å²) in [5.74, 6) is 2.03. The maximum Gasteiger partial charge on any atom is 0.135 e. The predicted octanol–water partition coefficient (Wildman–Crippen LogP) is 16.2. The van der Waals surface area contributed by atoms with Gasteiger partial charge in [-0.25, -0.2) is 4.98 Å². The molecule has 7 aromatic carbocycles. The molecule has 5 nitrogen and oxygen atoms in total. The van der Waals surface area contributed by atoms with Crippen LogP contribution in [0.1, 0.15) is 103 Å². The van der Waals surface area contributed by atoms with Gasteiger partial charge in [-0.2, -0.15) is 12.1 Å². The second-order valence-electron chi connectivity index (χ2n) is 21.2. The summed E-state index contributed by atoms with van der Waals surface area (Å²) in [5, 5.41) is 2.25. The van der Waals surface area contributed by atoms with E-state index in [0.29, 0.717) is 11.5 Å². The SMILES string of the molecule is CC(C)(C)c1cc(N2[CH-]N(c3[c-]c(Oc4[c-]c5c(cc4)c4cc(C(C)(C)C)ccc4n5-c4cc(C(C)(C)c5ccccc5)ccn4)ccc3)c3ccccc32)cc(C(C)(C)c2ccccc2)c1.[Pt]. The average molecular weight is 1070 g/mol. The van der Waals surface area contributed by atoms with Gasteiger partial charge in [0, 0.05) is 72.2 Å². The fourth-order valence-electron chi connectivity index (χ4n) is 9.47. The summed E-state index contributed by atoms with van der Waals surface area (Å²) < 4.78 is 8.97. The van der Waals surface area contributed by atoms with Crippen LogP contribution in [0.3, 0.4) is 0 Å². The van der Waals surface area contributed by atoms with Crippen molar-refractivity contribution in [3.63, 3.8) is 0 Å². The Hall–Kier alpha value is -6.42. The zero-order valence-corrected chi connectivity index (χ0v) is 43.0. The van der Waals surface area contributed by atoms with Gasteiger partial charge in [0.15, 0.2) is 0 Å². The Morgan fingerprint density at radius 2 is 1.07 bits per heavy atom. The molecule has 0 bridgehead atoms. The third kappa shape index (κ3) is 8.56. The van der Waals surface area contributed by atoms with Gasteiger partial charge in [-0.1, -0.05) is 166 Å². The summed E-state index contributed by atoms with van der Waals surface area (Å²) >= 11 is 0. The van der Waals surface area contributed by atoms with Gasteiger partial charge in [-0.3, -0.25) is 0 Å². The van der Waals surface area contributed by atoms with E-state index in [2.05, 4.69) is 248 Å². The van der Waals surface area contributed by atoms with Gasteiger partial charge in [0.05, 0.1) is 0 Å². The monoisotopic (exact) mass is 1070 g/mol. The van der Waals surface area contributed by atoms with Crippen molar-refractivity contribution in [2.24, 2.45) is 0 Å². The van der Waals surface area contributed by atoms with E-state index >= 15 is 0 Å². The van der Waals surface area contributed by atoms with Crippen LogP contribution in [0, 0.1) is 18.8 Å². The van der Waals surface area contributed by atoms with Crippen molar-refractivity contribution in [2.75, 3.05) is 9.80 Å². The van der Waals surface area contributed by atoms with E-state index in [1.807, 2.05) is 24.4 Å². The molecule has 0 aliphatic carbocycles. The van der Waals surface area contributed by atoms with Crippen molar-refractivity contribution < 1.29 is 25.8 Å². The van der Waals surface area contributed by atoms with Gasteiger partial charge in [-0.15, -0.1) is 48.1 Å². The molecule has 0 saturated heterocycles. The molecule has 1 aliphatic heterocycles. The van der Waals surface area contributed by atoms with Crippen molar-refractivity contribution >= 4 is 44.6 Å². The van der Waals surface area contributed by atoms with Crippen molar-refractivity contribution in [1.82, 2.24) is 9.55 Å². The molecule has 1 aliphatic rings. The molecule has 6 heteroatoms. The molecular formula is C62H59N4OPt-3. The van der Waals surface area contributed by atoms with Gasteiger partial charge in [0.25, 0.3) is 0 Å². The fourth-order valence-corrected chi connectivity index (χ4v) is 9.47. The number of hydrogen-bond acceptors (Lipinski definition) is 4. The minimum Gasteiger partial charge on any atom is -0.509 e. The first-order valence-corrected chi connectivity index (χ1v) is 23.4. The fraction of sp³-hybridized carbons (Fsp3) is 0.226. The summed E-state index contributed by atoms with van der Waals surface area (Å²) in [6, 6.07) is 65.9. The molecule has 0 saturated carbocycles. The molecular weight excluding hydrogens is 1010 g/mol. The average Bonchev–Trinajstić information content (AvgIpc) is 3.87. The van der Waals surface area contributed by atoms with Crippen LogP contribution < -0.4 is 14.5 Å². The van der Waals surface area contributed by atoms with Crippen molar-refractivity contribution in [2.45, 2.75) is 90.9 Å². The third-order valence-electron chi connectivity index (χ3n) is 13.9. The van der Waals surface area contributed by atoms with Gasteiger partial charge < -0.3 is 19.1 Å². The van der Waals surface area contributed by atoms with Crippen LogP contribution in [-0.4, -0.2) is 9.55 Å². The number of rotatable bonds is 9. The Balaban J connectivity index is 0.00000578. The predicted molar refractivity (Wildman–Crippen MR) is 279 cm³/mol. The first-order valence-electron chi connectivity index (χ1n) is 23.4. The molecule has 0 radical (unpaired) electrons.